The summed E-state index contributed by atoms with van der Waals surface area (Å²) in [6.07, 6.45) is 16.9. The predicted octanol–water partition coefficient (Wildman–Crippen LogP) is 8.25. The Balaban J connectivity index is 1.46. The molecule has 1 nitrogen and oxygen atoms in total. The molecular formula is C28H47N. The maximum absolute atomic E-state index is 9.48. The molecule has 0 spiro atoms. The van der Waals surface area contributed by atoms with Crippen LogP contribution in [-0.2, 0) is 0 Å². The van der Waals surface area contributed by atoms with E-state index in [1.807, 2.05) is 0 Å². The first-order valence-electron chi connectivity index (χ1n) is 13.2. The van der Waals surface area contributed by atoms with Crippen molar-refractivity contribution in [3.05, 3.63) is 0 Å². The second-order valence-corrected chi connectivity index (χ2v) is 12.8. The van der Waals surface area contributed by atoms with Crippen molar-refractivity contribution in [3.63, 3.8) is 0 Å². The van der Waals surface area contributed by atoms with Gasteiger partial charge in [-0.15, -0.1) is 0 Å². The minimum Gasteiger partial charge on any atom is -0.198 e. The lowest BCUT2D eigenvalue weighted by Crippen LogP contribution is -2.53. The van der Waals surface area contributed by atoms with Gasteiger partial charge in [-0.3, -0.25) is 0 Å². The van der Waals surface area contributed by atoms with Gasteiger partial charge in [0.15, 0.2) is 0 Å². The lowest BCUT2D eigenvalue weighted by atomic mass is 9.44. The number of rotatable bonds is 5. The van der Waals surface area contributed by atoms with Crippen LogP contribution in [0.1, 0.15) is 112 Å². The lowest BCUT2D eigenvalue weighted by Gasteiger charge is -2.61. The fourth-order valence-electron chi connectivity index (χ4n) is 9.40. The van der Waals surface area contributed by atoms with Crippen LogP contribution in [-0.4, -0.2) is 0 Å². The summed E-state index contributed by atoms with van der Waals surface area (Å²) in [7, 11) is 0. The van der Waals surface area contributed by atoms with Crippen molar-refractivity contribution in [2.75, 3.05) is 0 Å². The summed E-state index contributed by atoms with van der Waals surface area (Å²) < 4.78 is 0. The molecule has 29 heavy (non-hydrogen) atoms. The summed E-state index contributed by atoms with van der Waals surface area (Å²) >= 11 is 0. The summed E-state index contributed by atoms with van der Waals surface area (Å²) in [5.74, 6) is 6.86. The summed E-state index contributed by atoms with van der Waals surface area (Å²) in [5, 5.41) is 9.48. The highest BCUT2D eigenvalue weighted by atomic mass is 14.6. The molecule has 0 bridgehead atoms. The van der Waals surface area contributed by atoms with E-state index in [2.05, 4.69) is 40.7 Å². The second-order valence-electron chi connectivity index (χ2n) is 12.8. The SMILES string of the molecule is CC(C)CCC[C@@H](C)[C@H]1CC[C@H]2[C@@H]3CCC4C[C@@H](C#N)CC[C@]4(C)[C@H]3CC[C@]12C. The van der Waals surface area contributed by atoms with Crippen molar-refractivity contribution in [3.8, 4) is 6.07 Å². The van der Waals surface area contributed by atoms with Gasteiger partial charge in [0.05, 0.1) is 6.07 Å². The normalized spacial score (nSPS) is 47.8. The average molecular weight is 398 g/mol. The highest BCUT2D eigenvalue weighted by molar-refractivity contribution is 5.10. The van der Waals surface area contributed by atoms with E-state index < -0.39 is 0 Å². The highest BCUT2D eigenvalue weighted by Gasteiger charge is 2.60. The van der Waals surface area contributed by atoms with Gasteiger partial charge in [0, 0.05) is 5.92 Å². The zero-order chi connectivity index (χ0) is 20.8. The standard InChI is InChI=1S/C28H47N/c1-19(2)7-6-8-20(3)24-11-12-25-23-10-9-22-17-21(18-29)13-15-27(22,4)26(23)14-16-28(24,25)5/h19-26H,6-17H2,1-5H3/t20-,21+,22?,23+,24-,25+,26+,27+,28-/m1/s1. The van der Waals surface area contributed by atoms with Crippen LogP contribution < -0.4 is 0 Å². The molecule has 0 aromatic carbocycles. The first-order valence-corrected chi connectivity index (χ1v) is 13.2. The fraction of sp³-hybridized carbons (Fsp3) is 0.964. The van der Waals surface area contributed by atoms with Crippen molar-refractivity contribution in [2.24, 2.45) is 58.2 Å². The Kier molecular flexibility index (Phi) is 6.14. The quantitative estimate of drug-likeness (QED) is 0.458. The van der Waals surface area contributed by atoms with Crippen LogP contribution in [0.2, 0.25) is 0 Å². The maximum atomic E-state index is 9.48. The second kappa shape index (κ2) is 8.20. The molecular weight excluding hydrogens is 350 g/mol. The van der Waals surface area contributed by atoms with Crippen LogP contribution in [0.25, 0.3) is 0 Å². The summed E-state index contributed by atoms with van der Waals surface area (Å²) in [5.41, 5.74) is 1.16. The van der Waals surface area contributed by atoms with Gasteiger partial charge >= 0.3 is 0 Å². The van der Waals surface area contributed by atoms with Gasteiger partial charge < -0.3 is 0 Å². The average Bonchev–Trinajstić information content (AvgIpc) is 3.04. The zero-order valence-corrected chi connectivity index (χ0v) is 20.1. The number of hydrogen-bond acceptors (Lipinski definition) is 1. The fourth-order valence-corrected chi connectivity index (χ4v) is 9.40. The molecule has 0 aromatic rings. The zero-order valence-electron chi connectivity index (χ0n) is 20.1. The van der Waals surface area contributed by atoms with E-state index in [1.54, 1.807) is 0 Å². The molecule has 0 N–H and O–H groups in total. The Bertz CT molecular complexity index is 616. The van der Waals surface area contributed by atoms with E-state index in [-0.39, 0.29) is 0 Å². The van der Waals surface area contributed by atoms with Gasteiger partial charge in [-0.2, -0.15) is 5.26 Å². The number of hydrogen-bond donors (Lipinski definition) is 0. The van der Waals surface area contributed by atoms with E-state index in [4.69, 9.17) is 0 Å². The summed E-state index contributed by atoms with van der Waals surface area (Å²) in [4.78, 5) is 0. The van der Waals surface area contributed by atoms with E-state index in [9.17, 15) is 5.26 Å². The highest BCUT2D eigenvalue weighted by Crippen LogP contribution is 2.68. The Hall–Kier alpha value is -0.510. The molecule has 4 rings (SSSR count). The van der Waals surface area contributed by atoms with Crippen LogP contribution in [0.4, 0.5) is 0 Å². The first-order chi connectivity index (χ1) is 13.8. The maximum Gasteiger partial charge on any atom is 0.0655 e. The van der Waals surface area contributed by atoms with Crippen LogP contribution in [0.15, 0.2) is 0 Å². The number of nitriles is 1. The Labute approximate surface area is 181 Å². The minimum atomic E-state index is 0.348. The van der Waals surface area contributed by atoms with E-state index in [0.717, 1.165) is 41.4 Å². The molecule has 0 amide bonds. The van der Waals surface area contributed by atoms with Crippen molar-refractivity contribution >= 4 is 0 Å². The molecule has 0 radical (unpaired) electrons. The van der Waals surface area contributed by atoms with Gasteiger partial charge in [0.2, 0.25) is 0 Å². The van der Waals surface area contributed by atoms with E-state index >= 15 is 0 Å². The van der Waals surface area contributed by atoms with Crippen LogP contribution >= 0.6 is 0 Å². The third-order valence-corrected chi connectivity index (χ3v) is 11.0. The summed E-state index contributed by atoms with van der Waals surface area (Å²) in [6, 6.07) is 2.61. The van der Waals surface area contributed by atoms with Crippen molar-refractivity contribution in [1.82, 2.24) is 0 Å². The van der Waals surface area contributed by atoms with Crippen molar-refractivity contribution < 1.29 is 0 Å². The molecule has 0 saturated heterocycles. The molecule has 0 aliphatic heterocycles. The monoisotopic (exact) mass is 397 g/mol. The molecule has 4 saturated carbocycles. The van der Waals surface area contributed by atoms with Crippen LogP contribution in [0, 0.1) is 69.5 Å². The number of fused-ring (bicyclic) bond motifs is 5. The van der Waals surface area contributed by atoms with Gasteiger partial charge in [0.25, 0.3) is 0 Å². The van der Waals surface area contributed by atoms with Gasteiger partial charge in [0.1, 0.15) is 0 Å². The molecule has 164 valence electrons. The molecule has 4 fully saturated rings. The Morgan fingerprint density at radius 3 is 2.31 bits per heavy atom. The van der Waals surface area contributed by atoms with E-state index in [0.29, 0.717) is 16.7 Å². The van der Waals surface area contributed by atoms with Crippen LogP contribution in [0.5, 0.6) is 0 Å². The molecule has 1 unspecified atom stereocenters. The lowest BCUT2D eigenvalue weighted by molar-refractivity contribution is -0.118. The first kappa shape index (κ1) is 21.7. The topological polar surface area (TPSA) is 23.8 Å². The molecule has 1 heteroatoms. The molecule has 9 atom stereocenters. The summed E-state index contributed by atoms with van der Waals surface area (Å²) in [6.45, 7) is 12.7. The largest absolute Gasteiger partial charge is 0.198 e. The van der Waals surface area contributed by atoms with E-state index in [1.165, 1.54) is 77.0 Å². The predicted molar refractivity (Wildman–Crippen MR) is 122 cm³/mol. The minimum absolute atomic E-state index is 0.348. The number of nitrogens with zero attached hydrogens (tertiary/aromatic N) is 1. The van der Waals surface area contributed by atoms with Gasteiger partial charge in [-0.1, -0.05) is 53.9 Å². The Morgan fingerprint density at radius 2 is 1.59 bits per heavy atom. The van der Waals surface area contributed by atoms with Gasteiger partial charge in [-0.25, -0.2) is 0 Å². The third kappa shape index (κ3) is 3.70. The molecule has 0 aromatic heterocycles. The Morgan fingerprint density at radius 1 is 0.862 bits per heavy atom. The molecule has 4 aliphatic rings. The molecule has 0 heterocycles. The molecule has 4 aliphatic carbocycles. The third-order valence-electron chi connectivity index (χ3n) is 11.0. The smallest absolute Gasteiger partial charge is 0.0655 e. The van der Waals surface area contributed by atoms with Crippen LogP contribution in [0.3, 0.4) is 0 Å². The van der Waals surface area contributed by atoms with Crippen molar-refractivity contribution in [2.45, 2.75) is 112 Å². The van der Waals surface area contributed by atoms with Crippen molar-refractivity contribution in [1.29, 1.82) is 5.26 Å². The van der Waals surface area contributed by atoms with Gasteiger partial charge in [-0.05, 0) is 110 Å².